The van der Waals surface area contributed by atoms with Crippen LogP contribution < -0.4 is 5.32 Å². The van der Waals surface area contributed by atoms with Gasteiger partial charge in [-0.2, -0.15) is 0 Å². The van der Waals surface area contributed by atoms with Crippen molar-refractivity contribution in [3.05, 3.63) is 0 Å². The molecular weight excluding hydrogens is 164 g/mol. The summed E-state index contributed by atoms with van der Waals surface area (Å²) in [5, 5.41) is 12.5. The van der Waals surface area contributed by atoms with Gasteiger partial charge in [-0.25, -0.2) is 0 Å². The van der Waals surface area contributed by atoms with Crippen molar-refractivity contribution in [1.82, 2.24) is 10.2 Å². The van der Waals surface area contributed by atoms with Gasteiger partial charge in [0.1, 0.15) is 0 Å². The lowest BCUT2D eigenvalue weighted by atomic mass is 9.90. The van der Waals surface area contributed by atoms with Crippen LogP contribution in [0.3, 0.4) is 0 Å². The Labute approximate surface area is 81.1 Å². The molecule has 0 saturated carbocycles. The topological polar surface area (TPSA) is 35.5 Å². The highest BCUT2D eigenvalue weighted by atomic mass is 16.3. The predicted molar refractivity (Wildman–Crippen MR) is 54.8 cm³/mol. The molecule has 1 atom stereocenters. The Hall–Kier alpha value is -0.120. The highest BCUT2D eigenvalue weighted by Crippen LogP contribution is 2.19. The monoisotopic (exact) mass is 186 g/mol. The smallest absolute Gasteiger partial charge is 0.0587 e. The molecule has 0 aromatic rings. The third kappa shape index (κ3) is 3.25. The first-order valence-corrected chi connectivity index (χ1v) is 5.30. The molecule has 1 unspecified atom stereocenters. The van der Waals surface area contributed by atoms with Gasteiger partial charge in [0.15, 0.2) is 0 Å². The fraction of sp³-hybridized carbons (Fsp3) is 1.00. The lowest BCUT2D eigenvalue weighted by molar-refractivity contribution is 0.140. The van der Waals surface area contributed by atoms with Crippen LogP contribution in [0.5, 0.6) is 0 Å². The van der Waals surface area contributed by atoms with E-state index >= 15 is 0 Å². The molecule has 0 bridgehead atoms. The minimum absolute atomic E-state index is 0.280. The molecule has 1 fully saturated rings. The largest absolute Gasteiger partial charge is 0.395 e. The number of piperidine rings is 1. The summed E-state index contributed by atoms with van der Waals surface area (Å²) in [6, 6.07) is 0.318. The molecule has 1 aliphatic rings. The van der Waals surface area contributed by atoms with Crippen LogP contribution in [0.2, 0.25) is 0 Å². The molecule has 13 heavy (non-hydrogen) atoms. The Morgan fingerprint density at radius 2 is 2.08 bits per heavy atom. The molecule has 0 aromatic heterocycles. The SMILES string of the molecule is CCNC(CO)C1CCN(C)CC1. The number of aliphatic hydroxyl groups excluding tert-OH is 1. The van der Waals surface area contributed by atoms with E-state index in [9.17, 15) is 5.11 Å². The quantitative estimate of drug-likeness (QED) is 0.663. The second-order valence-electron chi connectivity index (χ2n) is 3.99. The van der Waals surface area contributed by atoms with Crippen molar-refractivity contribution < 1.29 is 5.11 Å². The molecule has 0 spiro atoms. The molecule has 3 heteroatoms. The van der Waals surface area contributed by atoms with E-state index in [2.05, 4.69) is 24.2 Å². The molecule has 3 nitrogen and oxygen atoms in total. The van der Waals surface area contributed by atoms with Crippen molar-refractivity contribution in [2.45, 2.75) is 25.8 Å². The number of likely N-dealkylation sites (tertiary alicyclic amines) is 1. The predicted octanol–water partition coefficient (Wildman–Crippen LogP) is 0.299. The highest BCUT2D eigenvalue weighted by molar-refractivity contribution is 4.80. The maximum atomic E-state index is 9.20. The zero-order chi connectivity index (χ0) is 9.68. The van der Waals surface area contributed by atoms with Crippen molar-refractivity contribution in [2.75, 3.05) is 33.3 Å². The molecule has 1 rings (SSSR count). The van der Waals surface area contributed by atoms with Crippen molar-refractivity contribution >= 4 is 0 Å². The van der Waals surface area contributed by atoms with Gasteiger partial charge in [0.05, 0.1) is 6.61 Å². The Morgan fingerprint density at radius 1 is 1.46 bits per heavy atom. The van der Waals surface area contributed by atoms with Gasteiger partial charge in [-0.05, 0) is 45.4 Å². The molecule has 1 heterocycles. The summed E-state index contributed by atoms with van der Waals surface area (Å²) >= 11 is 0. The van der Waals surface area contributed by atoms with E-state index in [1.54, 1.807) is 0 Å². The fourth-order valence-electron chi connectivity index (χ4n) is 2.07. The zero-order valence-electron chi connectivity index (χ0n) is 8.79. The second kappa shape index (κ2) is 5.58. The standard InChI is InChI=1S/C10H22N2O/c1-3-11-10(8-13)9-4-6-12(2)7-5-9/h9-11,13H,3-8H2,1-2H3. The van der Waals surface area contributed by atoms with Crippen molar-refractivity contribution in [1.29, 1.82) is 0 Å². The van der Waals surface area contributed by atoms with E-state index in [1.807, 2.05) is 0 Å². The highest BCUT2D eigenvalue weighted by Gasteiger charge is 2.23. The normalized spacial score (nSPS) is 23.3. The van der Waals surface area contributed by atoms with Crippen LogP contribution in [-0.4, -0.2) is 49.3 Å². The maximum Gasteiger partial charge on any atom is 0.0587 e. The van der Waals surface area contributed by atoms with Crippen molar-refractivity contribution in [3.63, 3.8) is 0 Å². The van der Waals surface area contributed by atoms with Crippen LogP contribution in [0.15, 0.2) is 0 Å². The molecule has 0 amide bonds. The summed E-state index contributed by atoms with van der Waals surface area (Å²) in [4.78, 5) is 2.36. The summed E-state index contributed by atoms with van der Waals surface area (Å²) in [6.45, 7) is 5.68. The Bertz CT molecular complexity index is 133. The number of hydrogen-bond acceptors (Lipinski definition) is 3. The summed E-state index contributed by atoms with van der Waals surface area (Å²) < 4.78 is 0. The van der Waals surface area contributed by atoms with E-state index in [1.165, 1.54) is 25.9 Å². The van der Waals surface area contributed by atoms with Gasteiger partial charge in [0.25, 0.3) is 0 Å². The van der Waals surface area contributed by atoms with E-state index in [4.69, 9.17) is 0 Å². The van der Waals surface area contributed by atoms with Gasteiger partial charge in [0, 0.05) is 6.04 Å². The molecule has 0 aliphatic carbocycles. The second-order valence-corrected chi connectivity index (χ2v) is 3.99. The molecule has 2 N–H and O–H groups in total. The van der Waals surface area contributed by atoms with Gasteiger partial charge < -0.3 is 15.3 Å². The summed E-state index contributed by atoms with van der Waals surface area (Å²) in [7, 11) is 2.16. The first kappa shape index (κ1) is 11.0. The van der Waals surface area contributed by atoms with Gasteiger partial charge in [-0.3, -0.25) is 0 Å². The van der Waals surface area contributed by atoms with Crippen LogP contribution >= 0.6 is 0 Å². The van der Waals surface area contributed by atoms with Crippen LogP contribution in [0, 0.1) is 5.92 Å². The van der Waals surface area contributed by atoms with E-state index < -0.39 is 0 Å². The lowest BCUT2D eigenvalue weighted by Gasteiger charge is -2.33. The van der Waals surface area contributed by atoms with Crippen LogP contribution in [-0.2, 0) is 0 Å². The minimum Gasteiger partial charge on any atom is -0.395 e. The lowest BCUT2D eigenvalue weighted by Crippen LogP contribution is -2.44. The van der Waals surface area contributed by atoms with Crippen LogP contribution in [0.4, 0.5) is 0 Å². The summed E-state index contributed by atoms with van der Waals surface area (Å²) in [6.07, 6.45) is 2.43. The molecule has 78 valence electrons. The van der Waals surface area contributed by atoms with Gasteiger partial charge in [-0.15, -0.1) is 0 Å². The van der Waals surface area contributed by atoms with Crippen molar-refractivity contribution in [2.24, 2.45) is 5.92 Å². The molecule has 1 aliphatic heterocycles. The van der Waals surface area contributed by atoms with Crippen molar-refractivity contribution in [3.8, 4) is 0 Å². The minimum atomic E-state index is 0.280. The average Bonchev–Trinajstić information content (AvgIpc) is 2.16. The first-order chi connectivity index (χ1) is 6.27. The zero-order valence-corrected chi connectivity index (χ0v) is 8.79. The number of rotatable bonds is 4. The van der Waals surface area contributed by atoms with Gasteiger partial charge in [0.2, 0.25) is 0 Å². The van der Waals surface area contributed by atoms with E-state index in [-0.39, 0.29) is 6.61 Å². The molecular formula is C10H22N2O. The van der Waals surface area contributed by atoms with Gasteiger partial charge in [-0.1, -0.05) is 6.92 Å². The maximum absolute atomic E-state index is 9.20. The number of hydrogen-bond donors (Lipinski definition) is 2. The molecule has 0 aromatic carbocycles. The number of likely N-dealkylation sites (N-methyl/N-ethyl adjacent to an activating group) is 1. The fourth-order valence-corrected chi connectivity index (χ4v) is 2.07. The third-order valence-electron chi connectivity index (χ3n) is 3.00. The first-order valence-electron chi connectivity index (χ1n) is 5.30. The molecule has 0 radical (unpaired) electrons. The Morgan fingerprint density at radius 3 is 2.54 bits per heavy atom. The summed E-state index contributed by atoms with van der Waals surface area (Å²) in [5.74, 6) is 0.668. The number of aliphatic hydroxyl groups is 1. The van der Waals surface area contributed by atoms with Gasteiger partial charge >= 0.3 is 0 Å². The van der Waals surface area contributed by atoms with E-state index in [0.29, 0.717) is 12.0 Å². The van der Waals surface area contributed by atoms with Crippen LogP contribution in [0.25, 0.3) is 0 Å². The number of nitrogens with one attached hydrogen (secondary N) is 1. The average molecular weight is 186 g/mol. The number of nitrogens with zero attached hydrogens (tertiary/aromatic N) is 1. The third-order valence-corrected chi connectivity index (χ3v) is 3.00. The van der Waals surface area contributed by atoms with Crippen LogP contribution in [0.1, 0.15) is 19.8 Å². The summed E-state index contributed by atoms with van der Waals surface area (Å²) in [5.41, 5.74) is 0. The Kier molecular flexibility index (Phi) is 4.70. The Balaban J connectivity index is 2.32. The van der Waals surface area contributed by atoms with E-state index in [0.717, 1.165) is 6.54 Å². The molecule has 1 saturated heterocycles.